The Morgan fingerprint density at radius 3 is 2.88 bits per heavy atom. The van der Waals surface area contributed by atoms with E-state index in [4.69, 9.17) is 4.74 Å². The number of fused-ring (bicyclic) bond motifs is 1. The Balaban J connectivity index is 1.97. The molecule has 1 aliphatic rings. The molecule has 0 radical (unpaired) electrons. The summed E-state index contributed by atoms with van der Waals surface area (Å²) >= 11 is 0. The first-order valence-corrected chi connectivity index (χ1v) is 6.69. The minimum Gasteiger partial charge on any atom is -0.380 e. The Kier molecular flexibility index (Phi) is 4.57. The number of nitrogens with one attached hydrogen (secondary N) is 1. The molecule has 0 amide bonds. The van der Waals surface area contributed by atoms with Crippen LogP contribution in [0.4, 0.5) is 0 Å². The molecule has 0 bridgehead atoms. The third-order valence-electron chi connectivity index (χ3n) is 3.58. The van der Waals surface area contributed by atoms with Gasteiger partial charge in [0.15, 0.2) is 0 Å². The molecule has 1 unspecified atom stereocenters. The molecule has 0 spiro atoms. The van der Waals surface area contributed by atoms with Crippen molar-refractivity contribution in [3.63, 3.8) is 0 Å². The SMILES string of the molecule is CCOCC(Cc1ccc2c(c1)CCC2)NC. The molecule has 1 N–H and O–H groups in total. The van der Waals surface area contributed by atoms with Crippen molar-refractivity contribution in [2.24, 2.45) is 0 Å². The number of hydrogen-bond acceptors (Lipinski definition) is 2. The summed E-state index contributed by atoms with van der Waals surface area (Å²) in [6.45, 7) is 3.63. The molecule has 2 heteroatoms. The summed E-state index contributed by atoms with van der Waals surface area (Å²) in [6.07, 6.45) is 4.92. The van der Waals surface area contributed by atoms with Crippen LogP contribution in [0.5, 0.6) is 0 Å². The number of hydrogen-bond donors (Lipinski definition) is 1. The molecule has 0 aromatic heterocycles. The summed E-state index contributed by atoms with van der Waals surface area (Å²) in [7, 11) is 2.01. The van der Waals surface area contributed by atoms with Crippen LogP contribution in [-0.4, -0.2) is 26.3 Å². The van der Waals surface area contributed by atoms with Gasteiger partial charge in [0.2, 0.25) is 0 Å². The third-order valence-corrected chi connectivity index (χ3v) is 3.58. The summed E-state index contributed by atoms with van der Waals surface area (Å²) in [5, 5.41) is 3.33. The number of benzene rings is 1. The van der Waals surface area contributed by atoms with Crippen molar-refractivity contribution in [3.8, 4) is 0 Å². The second-order valence-electron chi connectivity index (χ2n) is 4.81. The number of ether oxygens (including phenoxy) is 1. The van der Waals surface area contributed by atoms with Gasteiger partial charge in [-0.3, -0.25) is 0 Å². The fraction of sp³-hybridized carbons (Fsp3) is 0.600. The summed E-state index contributed by atoms with van der Waals surface area (Å²) in [4.78, 5) is 0. The average Bonchev–Trinajstić information content (AvgIpc) is 2.81. The Morgan fingerprint density at radius 1 is 1.29 bits per heavy atom. The normalized spacial score (nSPS) is 15.9. The lowest BCUT2D eigenvalue weighted by Gasteiger charge is -2.16. The second-order valence-corrected chi connectivity index (χ2v) is 4.81. The highest BCUT2D eigenvalue weighted by Crippen LogP contribution is 2.23. The number of likely N-dealkylation sites (N-methyl/N-ethyl adjacent to an activating group) is 1. The highest BCUT2D eigenvalue weighted by molar-refractivity contribution is 5.35. The van der Waals surface area contributed by atoms with E-state index >= 15 is 0 Å². The molecule has 0 fully saturated rings. The van der Waals surface area contributed by atoms with E-state index in [-0.39, 0.29) is 0 Å². The highest BCUT2D eigenvalue weighted by atomic mass is 16.5. The molecule has 0 heterocycles. The molecule has 2 rings (SSSR count). The molecule has 1 aromatic rings. The van der Waals surface area contributed by atoms with Crippen molar-refractivity contribution >= 4 is 0 Å². The van der Waals surface area contributed by atoms with Gasteiger partial charge in [0, 0.05) is 12.6 Å². The molecule has 1 aromatic carbocycles. The lowest BCUT2D eigenvalue weighted by molar-refractivity contribution is 0.125. The minimum absolute atomic E-state index is 0.425. The maximum atomic E-state index is 5.49. The summed E-state index contributed by atoms with van der Waals surface area (Å²) in [5.74, 6) is 0. The Bertz CT molecular complexity index is 362. The summed E-state index contributed by atoms with van der Waals surface area (Å²) < 4.78 is 5.49. The van der Waals surface area contributed by atoms with E-state index in [1.807, 2.05) is 14.0 Å². The highest BCUT2D eigenvalue weighted by Gasteiger charge is 2.13. The van der Waals surface area contributed by atoms with Gasteiger partial charge in [0.25, 0.3) is 0 Å². The Morgan fingerprint density at radius 2 is 2.12 bits per heavy atom. The molecule has 2 nitrogen and oxygen atoms in total. The molecule has 1 aliphatic carbocycles. The summed E-state index contributed by atoms with van der Waals surface area (Å²) in [5.41, 5.74) is 4.55. The maximum Gasteiger partial charge on any atom is 0.0622 e. The Labute approximate surface area is 104 Å². The molecule has 1 atom stereocenters. The first-order chi connectivity index (χ1) is 8.33. The van der Waals surface area contributed by atoms with Gasteiger partial charge < -0.3 is 10.1 Å². The van der Waals surface area contributed by atoms with Gasteiger partial charge in [-0.15, -0.1) is 0 Å². The molecule has 0 aliphatic heterocycles. The van der Waals surface area contributed by atoms with E-state index in [0.29, 0.717) is 6.04 Å². The van der Waals surface area contributed by atoms with Crippen LogP contribution in [0.15, 0.2) is 18.2 Å². The lowest BCUT2D eigenvalue weighted by Crippen LogP contribution is -2.32. The van der Waals surface area contributed by atoms with Crippen LogP contribution in [-0.2, 0) is 24.0 Å². The fourth-order valence-electron chi connectivity index (χ4n) is 2.54. The van der Waals surface area contributed by atoms with E-state index < -0.39 is 0 Å². The first kappa shape index (κ1) is 12.6. The predicted octanol–water partition coefficient (Wildman–Crippen LogP) is 2.34. The van der Waals surface area contributed by atoms with Crippen molar-refractivity contribution in [3.05, 3.63) is 34.9 Å². The van der Waals surface area contributed by atoms with Crippen LogP contribution in [0.2, 0.25) is 0 Å². The lowest BCUT2D eigenvalue weighted by atomic mass is 10.0. The standard InChI is InChI=1S/C15H23NO/c1-3-17-11-15(16-2)10-12-7-8-13-5-4-6-14(13)9-12/h7-9,15-16H,3-6,10-11H2,1-2H3. The predicted molar refractivity (Wildman–Crippen MR) is 71.5 cm³/mol. The Hall–Kier alpha value is -0.860. The van der Waals surface area contributed by atoms with E-state index in [1.165, 1.54) is 24.8 Å². The topological polar surface area (TPSA) is 21.3 Å². The fourth-order valence-corrected chi connectivity index (χ4v) is 2.54. The zero-order valence-electron chi connectivity index (χ0n) is 11.0. The van der Waals surface area contributed by atoms with Crippen LogP contribution in [0.3, 0.4) is 0 Å². The van der Waals surface area contributed by atoms with E-state index in [2.05, 4.69) is 23.5 Å². The number of rotatable bonds is 6. The van der Waals surface area contributed by atoms with Crippen LogP contribution < -0.4 is 5.32 Å². The van der Waals surface area contributed by atoms with Gasteiger partial charge in [-0.05, 0) is 56.3 Å². The molecule has 94 valence electrons. The maximum absolute atomic E-state index is 5.49. The van der Waals surface area contributed by atoms with E-state index in [1.54, 1.807) is 11.1 Å². The van der Waals surface area contributed by atoms with E-state index in [9.17, 15) is 0 Å². The smallest absolute Gasteiger partial charge is 0.0622 e. The van der Waals surface area contributed by atoms with Crippen LogP contribution in [0.1, 0.15) is 30.0 Å². The van der Waals surface area contributed by atoms with Crippen molar-refractivity contribution in [1.82, 2.24) is 5.32 Å². The zero-order chi connectivity index (χ0) is 12.1. The quantitative estimate of drug-likeness (QED) is 0.814. The van der Waals surface area contributed by atoms with Crippen molar-refractivity contribution in [2.75, 3.05) is 20.3 Å². The minimum atomic E-state index is 0.425. The molecular weight excluding hydrogens is 210 g/mol. The largest absolute Gasteiger partial charge is 0.380 e. The van der Waals surface area contributed by atoms with Gasteiger partial charge in [-0.2, -0.15) is 0 Å². The van der Waals surface area contributed by atoms with E-state index in [0.717, 1.165) is 19.6 Å². The first-order valence-electron chi connectivity index (χ1n) is 6.69. The van der Waals surface area contributed by atoms with Gasteiger partial charge in [-0.25, -0.2) is 0 Å². The number of aryl methyl sites for hydroxylation is 2. The van der Waals surface area contributed by atoms with Crippen LogP contribution in [0, 0.1) is 0 Å². The second kappa shape index (κ2) is 6.18. The van der Waals surface area contributed by atoms with Crippen LogP contribution >= 0.6 is 0 Å². The van der Waals surface area contributed by atoms with Gasteiger partial charge in [-0.1, -0.05) is 18.2 Å². The van der Waals surface area contributed by atoms with Gasteiger partial charge in [0.05, 0.1) is 6.61 Å². The van der Waals surface area contributed by atoms with Gasteiger partial charge >= 0.3 is 0 Å². The zero-order valence-corrected chi connectivity index (χ0v) is 11.0. The molecule has 17 heavy (non-hydrogen) atoms. The summed E-state index contributed by atoms with van der Waals surface area (Å²) in [6, 6.07) is 7.40. The molecular formula is C15H23NO. The van der Waals surface area contributed by atoms with Crippen molar-refractivity contribution in [1.29, 1.82) is 0 Å². The average molecular weight is 233 g/mol. The van der Waals surface area contributed by atoms with Crippen molar-refractivity contribution < 1.29 is 4.74 Å². The monoisotopic (exact) mass is 233 g/mol. The van der Waals surface area contributed by atoms with Crippen molar-refractivity contribution in [2.45, 2.75) is 38.6 Å². The molecule has 0 saturated heterocycles. The molecule has 0 saturated carbocycles. The van der Waals surface area contributed by atoms with Gasteiger partial charge in [0.1, 0.15) is 0 Å². The third kappa shape index (κ3) is 3.30. The van der Waals surface area contributed by atoms with Crippen LogP contribution in [0.25, 0.3) is 0 Å².